The molecule has 2 aliphatic carbocycles. The van der Waals surface area contributed by atoms with Crippen LogP contribution in [0.3, 0.4) is 0 Å². The summed E-state index contributed by atoms with van der Waals surface area (Å²) in [6.45, 7) is 9.49. The third-order valence-corrected chi connectivity index (χ3v) is 5.72. The fourth-order valence-electron chi connectivity index (χ4n) is 4.06. The number of allylic oxidation sites excluding steroid dienone is 6. The van der Waals surface area contributed by atoms with Crippen LogP contribution in [0.5, 0.6) is 0 Å². The van der Waals surface area contributed by atoms with Gasteiger partial charge in [-0.2, -0.15) is 0 Å². The van der Waals surface area contributed by atoms with Crippen molar-refractivity contribution in [1.82, 2.24) is 0 Å². The Morgan fingerprint density at radius 2 is 1.95 bits per heavy atom. The van der Waals surface area contributed by atoms with Gasteiger partial charge in [-0.15, -0.1) is 0 Å². The SMILES string of the molecule is CCCC(/C=C1/C=CC=C(CC2CCC(C)(C)CC2)C1)CC. The predicted molar refractivity (Wildman–Crippen MR) is 99.0 cm³/mol. The summed E-state index contributed by atoms with van der Waals surface area (Å²) in [6, 6.07) is 0. The molecule has 1 fully saturated rings. The molecule has 0 spiro atoms. The van der Waals surface area contributed by atoms with Crippen LogP contribution in [0.25, 0.3) is 0 Å². The minimum absolute atomic E-state index is 0.594. The highest BCUT2D eigenvalue weighted by atomic mass is 14.3. The zero-order chi connectivity index (χ0) is 16.0. The first-order chi connectivity index (χ1) is 10.5. The molecule has 124 valence electrons. The highest BCUT2D eigenvalue weighted by Gasteiger charge is 2.27. The number of hydrogen-bond donors (Lipinski definition) is 0. The highest BCUT2D eigenvalue weighted by molar-refractivity contribution is 5.35. The van der Waals surface area contributed by atoms with Gasteiger partial charge in [-0.25, -0.2) is 0 Å². The zero-order valence-electron chi connectivity index (χ0n) is 15.3. The molecule has 1 saturated carbocycles. The molecule has 0 nitrogen and oxygen atoms in total. The van der Waals surface area contributed by atoms with Crippen LogP contribution in [0.15, 0.2) is 35.5 Å². The van der Waals surface area contributed by atoms with Gasteiger partial charge in [0.15, 0.2) is 0 Å². The summed E-state index contributed by atoms with van der Waals surface area (Å²) in [5.41, 5.74) is 3.83. The fraction of sp³-hybridized carbons (Fsp3) is 0.727. The van der Waals surface area contributed by atoms with Crippen LogP contribution in [-0.2, 0) is 0 Å². The van der Waals surface area contributed by atoms with E-state index >= 15 is 0 Å². The van der Waals surface area contributed by atoms with Crippen molar-refractivity contribution in [2.45, 2.75) is 85.5 Å². The van der Waals surface area contributed by atoms with Crippen molar-refractivity contribution in [3.05, 3.63) is 35.5 Å². The Kier molecular flexibility index (Phi) is 6.53. The molecule has 0 heterocycles. The van der Waals surface area contributed by atoms with Crippen LogP contribution < -0.4 is 0 Å². The third-order valence-electron chi connectivity index (χ3n) is 5.72. The maximum atomic E-state index is 2.55. The van der Waals surface area contributed by atoms with Gasteiger partial charge in [0, 0.05) is 0 Å². The zero-order valence-corrected chi connectivity index (χ0v) is 15.3. The molecule has 0 saturated heterocycles. The molecule has 0 aromatic heterocycles. The lowest BCUT2D eigenvalue weighted by Gasteiger charge is -2.35. The quantitative estimate of drug-likeness (QED) is 0.485. The van der Waals surface area contributed by atoms with Crippen molar-refractivity contribution in [3.8, 4) is 0 Å². The van der Waals surface area contributed by atoms with Crippen molar-refractivity contribution < 1.29 is 0 Å². The van der Waals surface area contributed by atoms with Gasteiger partial charge in [-0.3, -0.25) is 0 Å². The normalized spacial score (nSPS) is 25.3. The monoisotopic (exact) mass is 300 g/mol. The highest BCUT2D eigenvalue weighted by Crippen LogP contribution is 2.41. The lowest BCUT2D eigenvalue weighted by molar-refractivity contribution is 0.190. The largest absolute Gasteiger partial charge is 0.0779 e. The summed E-state index contributed by atoms with van der Waals surface area (Å²) in [4.78, 5) is 0. The molecule has 0 bridgehead atoms. The van der Waals surface area contributed by atoms with Crippen LogP contribution in [0.4, 0.5) is 0 Å². The first-order valence-electron chi connectivity index (χ1n) is 9.59. The lowest BCUT2D eigenvalue weighted by Crippen LogP contribution is -2.21. The average molecular weight is 301 g/mol. The first-order valence-corrected chi connectivity index (χ1v) is 9.59. The van der Waals surface area contributed by atoms with Crippen LogP contribution in [0.1, 0.15) is 85.5 Å². The van der Waals surface area contributed by atoms with Gasteiger partial charge in [0.05, 0.1) is 0 Å². The Bertz CT molecular complexity index is 423. The lowest BCUT2D eigenvalue weighted by atomic mass is 9.71. The van der Waals surface area contributed by atoms with E-state index < -0.39 is 0 Å². The Morgan fingerprint density at radius 3 is 2.59 bits per heavy atom. The molecule has 0 N–H and O–H groups in total. The summed E-state index contributed by atoms with van der Waals surface area (Å²) in [5.74, 6) is 1.71. The van der Waals surface area contributed by atoms with Crippen molar-refractivity contribution in [2.24, 2.45) is 17.3 Å². The van der Waals surface area contributed by atoms with E-state index in [2.05, 4.69) is 52.0 Å². The standard InChI is InChI=1S/C22H36/c1-5-8-18(6-2)15-20-9-7-10-21(17-20)16-19-11-13-22(3,4)14-12-19/h7,9-10,15,18-19H,5-6,8,11-14,16-17H2,1-4H3/b20-15-. The molecular formula is C22H36. The molecule has 0 heteroatoms. The van der Waals surface area contributed by atoms with Crippen molar-refractivity contribution in [3.63, 3.8) is 0 Å². The number of hydrogen-bond acceptors (Lipinski definition) is 0. The van der Waals surface area contributed by atoms with Crippen molar-refractivity contribution in [2.75, 3.05) is 0 Å². The van der Waals surface area contributed by atoms with Gasteiger partial charge in [-0.1, -0.05) is 64.0 Å². The molecule has 0 radical (unpaired) electrons. The second-order valence-corrected chi connectivity index (χ2v) is 8.37. The van der Waals surface area contributed by atoms with E-state index in [1.54, 1.807) is 11.1 Å². The topological polar surface area (TPSA) is 0 Å². The third kappa shape index (κ3) is 5.45. The summed E-state index contributed by atoms with van der Waals surface area (Å²) in [7, 11) is 0. The van der Waals surface area contributed by atoms with E-state index in [0.717, 1.165) is 11.8 Å². The maximum absolute atomic E-state index is 2.55. The van der Waals surface area contributed by atoms with Crippen molar-refractivity contribution in [1.29, 1.82) is 0 Å². The second kappa shape index (κ2) is 8.18. The van der Waals surface area contributed by atoms with Gasteiger partial charge in [0.25, 0.3) is 0 Å². The van der Waals surface area contributed by atoms with Gasteiger partial charge in [0.2, 0.25) is 0 Å². The molecule has 1 atom stereocenters. The Balaban J connectivity index is 1.87. The Labute approximate surface area is 138 Å². The summed E-state index contributed by atoms with van der Waals surface area (Å²) >= 11 is 0. The van der Waals surface area contributed by atoms with E-state index in [-0.39, 0.29) is 0 Å². The van der Waals surface area contributed by atoms with Crippen LogP contribution in [0.2, 0.25) is 0 Å². The summed E-state index contributed by atoms with van der Waals surface area (Å²) in [5, 5.41) is 0. The molecular weight excluding hydrogens is 264 g/mol. The Hall–Kier alpha value is -0.780. The van der Waals surface area contributed by atoms with Gasteiger partial charge >= 0.3 is 0 Å². The summed E-state index contributed by atoms with van der Waals surface area (Å²) < 4.78 is 0. The van der Waals surface area contributed by atoms with Gasteiger partial charge < -0.3 is 0 Å². The van der Waals surface area contributed by atoms with Crippen molar-refractivity contribution >= 4 is 0 Å². The molecule has 0 amide bonds. The van der Waals surface area contributed by atoms with Gasteiger partial charge in [0.1, 0.15) is 0 Å². The number of rotatable bonds is 6. The maximum Gasteiger partial charge on any atom is -0.00669 e. The fourth-order valence-corrected chi connectivity index (χ4v) is 4.06. The molecule has 22 heavy (non-hydrogen) atoms. The summed E-state index contributed by atoms with van der Waals surface area (Å²) in [6.07, 6.45) is 21.7. The second-order valence-electron chi connectivity index (χ2n) is 8.37. The predicted octanol–water partition coefficient (Wildman–Crippen LogP) is 7.23. The minimum Gasteiger partial charge on any atom is -0.0779 e. The molecule has 0 aromatic rings. The van der Waals surface area contributed by atoms with Crippen LogP contribution in [-0.4, -0.2) is 0 Å². The van der Waals surface area contributed by atoms with Crippen LogP contribution in [0, 0.1) is 17.3 Å². The smallest absolute Gasteiger partial charge is 0.00669 e. The van der Waals surface area contributed by atoms with E-state index in [9.17, 15) is 0 Å². The minimum atomic E-state index is 0.594. The average Bonchev–Trinajstić information content (AvgIpc) is 2.49. The van der Waals surface area contributed by atoms with E-state index in [1.165, 1.54) is 57.8 Å². The molecule has 0 aromatic carbocycles. The van der Waals surface area contributed by atoms with E-state index in [1.807, 2.05) is 0 Å². The molecule has 0 aliphatic heterocycles. The van der Waals surface area contributed by atoms with E-state index in [4.69, 9.17) is 0 Å². The van der Waals surface area contributed by atoms with Crippen LogP contribution >= 0.6 is 0 Å². The Morgan fingerprint density at radius 1 is 1.23 bits per heavy atom. The first kappa shape index (κ1) is 17.6. The van der Waals surface area contributed by atoms with Gasteiger partial charge in [-0.05, 0) is 74.2 Å². The molecule has 2 rings (SSSR count). The molecule has 1 unspecified atom stereocenters. The molecule has 2 aliphatic rings. The van der Waals surface area contributed by atoms with E-state index in [0.29, 0.717) is 5.41 Å².